The molecule has 0 aliphatic heterocycles. The second-order valence-corrected chi connectivity index (χ2v) is 3.42. The molecule has 13 heavy (non-hydrogen) atoms. The predicted octanol–water partition coefficient (Wildman–Crippen LogP) is 1.79. The topological polar surface area (TPSA) is 46.2 Å². The van der Waals surface area contributed by atoms with E-state index in [1.54, 1.807) is 6.07 Å². The van der Waals surface area contributed by atoms with Gasteiger partial charge >= 0.3 is 0 Å². The Labute approximate surface area is 88.5 Å². The normalized spacial score (nSPS) is 20.2. The van der Waals surface area contributed by atoms with Gasteiger partial charge in [-0.2, -0.15) is 0 Å². The van der Waals surface area contributed by atoms with Gasteiger partial charge in [-0.15, -0.1) is 17.0 Å². The molecule has 1 aliphatic rings. The molecular formula is C10H14BrNO. The summed E-state index contributed by atoms with van der Waals surface area (Å²) in [5.41, 5.74) is 8.13. The van der Waals surface area contributed by atoms with Crippen LogP contribution < -0.4 is 5.73 Å². The molecule has 0 spiro atoms. The smallest absolute Gasteiger partial charge is 0.119 e. The quantitative estimate of drug-likeness (QED) is 0.730. The third-order valence-electron chi connectivity index (χ3n) is 2.50. The first kappa shape index (κ1) is 10.5. The zero-order valence-electron chi connectivity index (χ0n) is 7.36. The number of nitrogens with two attached hydrogens (primary N) is 1. The largest absolute Gasteiger partial charge is 0.508 e. The SMILES string of the molecule is Br.NC1CCc2c(O)cccc2C1. The van der Waals surface area contributed by atoms with Crippen LogP contribution in [0.15, 0.2) is 18.2 Å². The van der Waals surface area contributed by atoms with Crippen molar-refractivity contribution in [2.45, 2.75) is 25.3 Å². The highest BCUT2D eigenvalue weighted by atomic mass is 79.9. The van der Waals surface area contributed by atoms with E-state index in [2.05, 4.69) is 0 Å². The summed E-state index contributed by atoms with van der Waals surface area (Å²) < 4.78 is 0. The summed E-state index contributed by atoms with van der Waals surface area (Å²) in [7, 11) is 0. The zero-order chi connectivity index (χ0) is 8.55. The molecule has 1 unspecified atom stereocenters. The number of aromatic hydroxyl groups is 1. The van der Waals surface area contributed by atoms with Gasteiger partial charge < -0.3 is 10.8 Å². The minimum Gasteiger partial charge on any atom is -0.508 e. The molecule has 1 atom stereocenters. The van der Waals surface area contributed by atoms with Crippen molar-refractivity contribution >= 4 is 17.0 Å². The van der Waals surface area contributed by atoms with Crippen LogP contribution in [0.5, 0.6) is 5.75 Å². The highest BCUT2D eigenvalue weighted by Gasteiger charge is 2.17. The molecule has 3 heteroatoms. The Morgan fingerprint density at radius 2 is 2.15 bits per heavy atom. The number of hydrogen-bond acceptors (Lipinski definition) is 2. The lowest BCUT2D eigenvalue weighted by Crippen LogP contribution is -2.27. The Bertz CT molecular complexity index is 301. The molecule has 2 nitrogen and oxygen atoms in total. The molecule has 0 aromatic heterocycles. The van der Waals surface area contributed by atoms with Crippen LogP contribution in [0.3, 0.4) is 0 Å². The van der Waals surface area contributed by atoms with Gasteiger partial charge in [0.2, 0.25) is 0 Å². The standard InChI is InChI=1S/C10H13NO.BrH/c11-8-4-5-9-7(6-8)2-1-3-10(9)12;/h1-3,8,12H,4-6,11H2;1H. The molecule has 0 saturated heterocycles. The van der Waals surface area contributed by atoms with Crippen molar-refractivity contribution in [1.29, 1.82) is 0 Å². The predicted molar refractivity (Wildman–Crippen MR) is 58.4 cm³/mol. The maximum absolute atomic E-state index is 9.50. The van der Waals surface area contributed by atoms with Crippen LogP contribution in [0.4, 0.5) is 0 Å². The van der Waals surface area contributed by atoms with Crippen molar-refractivity contribution in [3.8, 4) is 5.75 Å². The van der Waals surface area contributed by atoms with Crippen LogP contribution in [-0.4, -0.2) is 11.1 Å². The fourth-order valence-corrected chi connectivity index (χ4v) is 1.82. The Kier molecular flexibility index (Phi) is 3.33. The Morgan fingerprint density at radius 3 is 2.92 bits per heavy atom. The first-order chi connectivity index (χ1) is 5.77. The van der Waals surface area contributed by atoms with Crippen LogP contribution >= 0.6 is 17.0 Å². The van der Waals surface area contributed by atoms with E-state index in [0.717, 1.165) is 24.8 Å². The molecule has 2 rings (SSSR count). The van der Waals surface area contributed by atoms with Crippen molar-refractivity contribution in [3.05, 3.63) is 29.3 Å². The van der Waals surface area contributed by atoms with Crippen LogP contribution in [-0.2, 0) is 12.8 Å². The fourth-order valence-electron chi connectivity index (χ4n) is 1.82. The summed E-state index contributed by atoms with van der Waals surface area (Å²) in [6.07, 6.45) is 2.82. The molecule has 72 valence electrons. The van der Waals surface area contributed by atoms with Gasteiger partial charge in [0.25, 0.3) is 0 Å². The lowest BCUT2D eigenvalue weighted by molar-refractivity contribution is 0.457. The van der Waals surface area contributed by atoms with Gasteiger partial charge in [-0.25, -0.2) is 0 Å². The third kappa shape index (κ3) is 2.03. The van der Waals surface area contributed by atoms with E-state index in [4.69, 9.17) is 5.73 Å². The maximum atomic E-state index is 9.50. The van der Waals surface area contributed by atoms with Crippen molar-refractivity contribution in [2.75, 3.05) is 0 Å². The molecule has 3 N–H and O–H groups in total. The third-order valence-corrected chi connectivity index (χ3v) is 2.50. The van der Waals surface area contributed by atoms with Crippen LogP contribution in [0.25, 0.3) is 0 Å². The van der Waals surface area contributed by atoms with E-state index in [1.165, 1.54) is 5.56 Å². The van der Waals surface area contributed by atoms with Crippen molar-refractivity contribution in [3.63, 3.8) is 0 Å². The summed E-state index contributed by atoms with van der Waals surface area (Å²) >= 11 is 0. The van der Waals surface area contributed by atoms with Gasteiger partial charge in [0.1, 0.15) is 5.75 Å². The molecule has 0 fully saturated rings. The molecular weight excluding hydrogens is 230 g/mol. The molecule has 1 aromatic rings. The lowest BCUT2D eigenvalue weighted by atomic mass is 9.88. The number of hydrogen-bond donors (Lipinski definition) is 2. The summed E-state index contributed by atoms with van der Waals surface area (Å²) in [5, 5.41) is 9.50. The summed E-state index contributed by atoms with van der Waals surface area (Å²) in [4.78, 5) is 0. The highest BCUT2D eigenvalue weighted by Crippen LogP contribution is 2.27. The van der Waals surface area contributed by atoms with Crippen molar-refractivity contribution in [2.24, 2.45) is 5.73 Å². The number of phenolic OH excluding ortho intramolecular Hbond substituents is 1. The minimum absolute atomic E-state index is 0. The Hall–Kier alpha value is -0.540. The van der Waals surface area contributed by atoms with Gasteiger partial charge in [0.05, 0.1) is 0 Å². The van der Waals surface area contributed by atoms with Gasteiger partial charge in [-0.1, -0.05) is 12.1 Å². The second-order valence-electron chi connectivity index (χ2n) is 3.42. The summed E-state index contributed by atoms with van der Waals surface area (Å²) in [6, 6.07) is 5.95. The molecule has 0 amide bonds. The maximum Gasteiger partial charge on any atom is 0.119 e. The highest BCUT2D eigenvalue weighted by molar-refractivity contribution is 8.93. The van der Waals surface area contributed by atoms with Gasteiger partial charge in [-0.3, -0.25) is 0 Å². The fraction of sp³-hybridized carbons (Fsp3) is 0.400. The van der Waals surface area contributed by atoms with Crippen molar-refractivity contribution in [1.82, 2.24) is 0 Å². The van der Waals surface area contributed by atoms with Crippen molar-refractivity contribution < 1.29 is 5.11 Å². The molecule has 0 saturated carbocycles. The van der Waals surface area contributed by atoms with E-state index in [9.17, 15) is 5.11 Å². The molecule has 0 heterocycles. The van der Waals surface area contributed by atoms with Crippen LogP contribution in [0, 0.1) is 0 Å². The Morgan fingerprint density at radius 1 is 1.38 bits per heavy atom. The number of rotatable bonds is 0. The van der Waals surface area contributed by atoms with Crippen LogP contribution in [0.1, 0.15) is 17.5 Å². The molecule has 0 radical (unpaired) electrons. The number of fused-ring (bicyclic) bond motifs is 1. The number of halogens is 1. The monoisotopic (exact) mass is 243 g/mol. The van der Waals surface area contributed by atoms with E-state index in [0.29, 0.717) is 5.75 Å². The van der Waals surface area contributed by atoms with Gasteiger partial charge in [0.15, 0.2) is 0 Å². The van der Waals surface area contributed by atoms with Gasteiger partial charge in [0, 0.05) is 6.04 Å². The Balaban J connectivity index is 0.000000845. The number of benzene rings is 1. The van der Waals surface area contributed by atoms with E-state index < -0.39 is 0 Å². The lowest BCUT2D eigenvalue weighted by Gasteiger charge is -2.21. The van der Waals surface area contributed by atoms with Crippen LogP contribution in [0.2, 0.25) is 0 Å². The first-order valence-corrected chi connectivity index (χ1v) is 4.32. The summed E-state index contributed by atoms with van der Waals surface area (Å²) in [6.45, 7) is 0. The average molecular weight is 244 g/mol. The number of phenols is 1. The average Bonchev–Trinajstić information content (AvgIpc) is 2.04. The molecule has 0 bridgehead atoms. The second kappa shape index (κ2) is 4.11. The minimum atomic E-state index is 0. The van der Waals surface area contributed by atoms with E-state index in [-0.39, 0.29) is 23.0 Å². The van der Waals surface area contributed by atoms with E-state index in [1.807, 2.05) is 12.1 Å². The van der Waals surface area contributed by atoms with E-state index >= 15 is 0 Å². The molecule has 1 aromatic carbocycles. The van der Waals surface area contributed by atoms with Gasteiger partial charge in [-0.05, 0) is 36.5 Å². The first-order valence-electron chi connectivity index (χ1n) is 4.32. The summed E-state index contributed by atoms with van der Waals surface area (Å²) in [5.74, 6) is 0.430. The zero-order valence-corrected chi connectivity index (χ0v) is 9.08. The molecule has 1 aliphatic carbocycles.